The van der Waals surface area contributed by atoms with Crippen molar-refractivity contribution in [2.75, 3.05) is 13.1 Å². The molecule has 0 aliphatic heterocycles. The third kappa shape index (κ3) is 8.83. The van der Waals surface area contributed by atoms with Crippen LogP contribution in [0.3, 0.4) is 0 Å². The highest BCUT2D eigenvalue weighted by Crippen LogP contribution is 2.11. The fourth-order valence-corrected chi connectivity index (χ4v) is 1.39. The van der Waals surface area contributed by atoms with Crippen LogP contribution >= 0.6 is 0 Å². The predicted molar refractivity (Wildman–Crippen MR) is 58.2 cm³/mol. The van der Waals surface area contributed by atoms with E-state index >= 15 is 0 Å². The molecule has 0 saturated heterocycles. The Morgan fingerprint density at radius 2 is 1.62 bits per heavy atom. The van der Waals surface area contributed by atoms with Crippen molar-refractivity contribution in [3.63, 3.8) is 0 Å². The first-order valence-corrected chi connectivity index (χ1v) is 5.29. The van der Waals surface area contributed by atoms with Gasteiger partial charge in [0.05, 0.1) is 19.2 Å². The van der Waals surface area contributed by atoms with Crippen LogP contribution in [0.4, 0.5) is 0 Å². The lowest BCUT2D eigenvalue weighted by Gasteiger charge is -2.09. The number of carbonyl (C=O) groups excluding carboxylic acids is 2. The van der Waals surface area contributed by atoms with E-state index in [0.29, 0.717) is 19.5 Å². The molecule has 0 aliphatic carbocycles. The largest absolute Gasteiger partial charge is 0.234 e. The summed E-state index contributed by atoms with van der Waals surface area (Å²) in [5.74, 6) is 0.102. The molecule has 0 heterocycles. The summed E-state index contributed by atoms with van der Waals surface area (Å²) in [6.07, 6.45) is 7.19. The van der Waals surface area contributed by atoms with E-state index in [4.69, 9.17) is 5.26 Å². The third-order valence-electron chi connectivity index (χ3n) is 2.23. The molecule has 0 amide bonds. The number of aliphatic imine (C=N–C) groups is 2. The van der Waals surface area contributed by atoms with E-state index in [9.17, 15) is 9.59 Å². The van der Waals surface area contributed by atoms with Crippen molar-refractivity contribution >= 4 is 12.2 Å². The van der Waals surface area contributed by atoms with Crippen LogP contribution in [0.25, 0.3) is 0 Å². The first-order valence-electron chi connectivity index (χ1n) is 5.29. The fraction of sp³-hybridized carbons (Fsp3) is 0.727. The van der Waals surface area contributed by atoms with E-state index in [1.165, 1.54) is 12.2 Å². The predicted octanol–water partition coefficient (Wildman–Crippen LogP) is 1.75. The van der Waals surface area contributed by atoms with Gasteiger partial charge in [-0.1, -0.05) is 12.8 Å². The van der Waals surface area contributed by atoms with Gasteiger partial charge in [-0.25, -0.2) is 19.6 Å². The van der Waals surface area contributed by atoms with Gasteiger partial charge in [-0.2, -0.15) is 5.26 Å². The van der Waals surface area contributed by atoms with Gasteiger partial charge in [-0.05, 0) is 18.8 Å². The smallest absolute Gasteiger partial charge is 0.211 e. The Morgan fingerprint density at radius 3 is 2.12 bits per heavy atom. The molecule has 0 rings (SSSR count). The molecular formula is C11H15N3O2. The monoisotopic (exact) mass is 221 g/mol. The standard InChI is InChI=1S/C11H15N3O2/c12-6-4-2-1-3-5-11(7-13-9-15)8-14-10-16/h11H,1-5,7-8H2. The van der Waals surface area contributed by atoms with Gasteiger partial charge >= 0.3 is 0 Å². The van der Waals surface area contributed by atoms with Crippen molar-refractivity contribution < 1.29 is 9.59 Å². The lowest BCUT2D eigenvalue weighted by molar-refractivity contribution is 0.470. The Labute approximate surface area is 94.9 Å². The summed E-state index contributed by atoms with van der Waals surface area (Å²) in [5, 5.41) is 8.34. The first kappa shape index (κ1) is 14.2. The SMILES string of the molecule is N#CCCCCCC(CN=C=O)CN=C=O. The zero-order valence-electron chi connectivity index (χ0n) is 9.19. The molecule has 16 heavy (non-hydrogen) atoms. The Bertz CT molecular complexity index is 290. The lowest BCUT2D eigenvalue weighted by atomic mass is 10.0. The molecule has 5 nitrogen and oxygen atoms in total. The summed E-state index contributed by atoms with van der Waals surface area (Å²) in [5.41, 5.74) is 0. The average molecular weight is 221 g/mol. The minimum atomic E-state index is 0.102. The molecule has 0 radical (unpaired) electrons. The molecule has 0 aliphatic rings. The van der Waals surface area contributed by atoms with Crippen LogP contribution in [0, 0.1) is 17.2 Å². The van der Waals surface area contributed by atoms with E-state index in [2.05, 4.69) is 16.1 Å². The van der Waals surface area contributed by atoms with Gasteiger partial charge in [-0.3, -0.25) is 0 Å². The minimum absolute atomic E-state index is 0.102. The summed E-state index contributed by atoms with van der Waals surface area (Å²) >= 11 is 0. The van der Waals surface area contributed by atoms with Crippen molar-refractivity contribution in [1.29, 1.82) is 5.26 Å². The zero-order chi connectivity index (χ0) is 12.1. The second-order valence-corrected chi connectivity index (χ2v) is 3.49. The van der Waals surface area contributed by atoms with Gasteiger partial charge in [0.1, 0.15) is 0 Å². The molecular weight excluding hydrogens is 206 g/mol. The highest BCUT2D eigenvalue weighted by atomic mass is 16.1. The lowest BCUT2D eigenvalue weighted by Crippen LogP contribution is -2.08. The zero-order valence-corrected chi connectivity index (χ0v) is 9.19. The Morgan fingerprint density at radius 1 is 1.00 bits per heavy atom. The fourth-order valence-electron chi connectivity index (χ4n) is 1.39. The molecule has 0 spiro atoms. The topological polar surface area (TPSA) is 82.7 Å². The van der Waals surface area contributed by atoms with Gasteiger partial charge in [-0.15, -0.1) is 0 Å². The van der Waals surface area contributed by atoms with E-state index in [0.717, 1.165) is 25.7 Å². The van der Waals surface area contributed by atoms with Gasteiger partial charge < -0.3 is 0 Å². The highest BCUT2D eigenvalue weighted by Gasteiger charge is 2.07. The van der Waals surface area contributed by atoms with Crippen molar-refractivity contribution in [2.24, 2.45) is 15.9 Å². The molecule has 0 fully saturated rings. The van der Waals surface area contributed by atoms with Gasteiger partial charge in [0.2, 0.25) is 12.2 Å². The number of hydrogen-bond donors (Lipinski definition) is 0. The van der Waals surface area contributed by atoms with E-state index in [1.807, 2.05) is 0 Å². The molecule has 0 bridgehead atoms. The molecule has 0 N–H and O–H groups in total. The Balaban J connectivity index is 3.77. The maximum Gasteiger partial charge on any atom is 0.234 e. The van der Waals surface area contributed by atoms with E-state index in [1.54, 1.807) is 0 Å². The van der Waals surface area contributed by atoms with Crippen LogP contribution in [0.5, 0.6) is 0 Å². The highest BCUT2D eigenvalue weighted by molar-refractivity contribution is 5.33. The van der Waals surface area contributed by atoms with E-state index < -0.39 is 0 Å². The molecule has 0 saturated carbocycles. The molecule has 5 heteroatoms. The molecule has 0 unspecified atom stereocenters. The molecule has 0 aromatic heterocycles. The number of rotatable bonds is 9. The second-order valence-electron chi connectivity index (χ2n) is 3.49. The van der Waals surface area contributed by atoms with Gasteiger partial charge in [0.15, 0.2) is 0 Å². The summed E-state index contributed by atoms with van der Waals surface area (Å²) in [7, 11) is 0. The van der Waals surface area contributed by atoms with Crippen molar-refractivity contribution in [1.82, 2.24) is 0 Å². The van der Waals surface area contributed by atoms with Crippen molar-refractivity contribution in [3.8, 4) is 6.07 Å². The quantitative estimate of drug-likeness (QED) is 0.338. The summed E-state index contributed by atoms with van der Waals surface area (Å²) in [6.45, 7) is 0.708. The number of nitrogens with zero attached hydrogens (tertiary/aromatic N) is 3. The van der Waals surface area contributed by atoms with Crippen LogP contribution in [0.1, 0.15) is 32.1 Å². The van der Waals surface area contributed by atoms with Gasteiger partial charge in [0.25, 0.3) is 0 Å². The molecule has 0 atom stereocenters. The summed E-state index contributed by atoms with van der Waals surface area (Å²) in [6, 6.07) is 2.08. The van der Waals surface area contributed by atoms with Crippen molar-refractivity contribution in [2.45, 2.75) is 32.1 Å². The molecule has 0 aromatic carbocycles. The van der Waals surface area contributed by atoms with Gasteiger partial charge in [0, 0.05) is 6.42 Å². The maximum absolute atomic E-state index is 9.96. The third-order valence-corrected chi connectivity index (χ3v) is 2.23. The van der Waals surface area contributed by atoms with Crippen LogP contribution in [0.2, 0.25) is 0 Å². The Kier molecular flexibility index (Phi) is 10.1. The Hall–Kier alpha value is -1.75. The van der Waals surface area contributed by atoms with E-state index in [-0.39, 0.29) is 5.92 Å². The summed E-state index contributed by atoms with van der Waals surface area (Å²) < 4.78 is 0. The maximum atomic E-state index is 9.96. The molecule has 0 aromatic rings. The first-order chi connectivity index (χ1) is 7.85. The van der Waals surface area contributed by atoms with Crippen LogP contribution < -0.4 is 0 Å². The minimum Gasteiger partial charge on any atom is -0.211 e. The van der Waals surface area contributed by atoms with Crippen LogP contribution in [-0.2, 0) is 9.59 Å². The average Bonchev–Trinajstić information content (AvgIpc) is 2.31. The summed E-state index contributed by atoms with van der Waals surface area (Å²) in [4.78, 5) is 26.9. The number of isocyanates is 2. The number of unbranched alkanes of at least 4 members (excludes halogenated alkanes) is 3. The second kappa shape index (κ2) is 11.3. The van der Waals surface area contributed by atoms with Crippen LogP contribution in [0.15, 0.2) is 9.98 Å². The van der Waals surface area contributed by atoms with Crippen LogP contribution in [-0.4, -0.2) is 25.2 Å². The number of hydrogen-bond acceptors (Lipinski definition) is 5. The normalized spacial score (nSPS) is 10.7. The number of nitriles is 1. The van der Waals surface area contributed by atoms with Crippen molar-refractivity contribution in [3.05, 3.63) is 0 Å². The molecule has 86 valence electrons.